The third-order valence-corrected chi connectivity index (χ3v) is 6.04. The number of carbonyl (C=O) groups is 1. The summed E-state index contributed by atoms with van der Waals surface area (Å²) in [5.41, 5.74) is 4.16. The Labute approximate surface area is 167 Å². The van der Waals surface area contributed by atoms with Crippen LogP contribution in [-0.2, 0) is 14.8 Å². The molecule has 3 N–H and O–H groups in total. The molecular weight excluding hydrogens is 376 g/mol. The van der Waals surface area contributed by atoms with Crippen molar-refractivity contribution in [2.24, 2.45) is 0 Å². The molecule has 0 atom stereocenters. The number of carbonyl (C=O) groups excluding carboxylic acids is 1. The Bertz CT molecular complexity index is 956. The van der Waals surface area contributed by atoms with Crippen molar-refractivity contribution in [3.05, 3.63) is 47.5 Å². The Morgan fingerprint density at radius 2 is 1.64 bits per heavy atom. The van der Waals surface area contributed by atoms with Gasteiger partial charge in [-0.25, -0.2) is 12.7 Å². The smallest absolute Gasteiger partial charge is 0.243 e. The minimum Gasteiger partial charge on any atom is -0.384 e. The van der Waals surface area contributed by atoms with Gasteiger partial charge in [-0.1, -0.05) is 17.7 Å². The van der Waals surface area contributed by atoms with Gasteiger partial charge in [0.2, 0.25) is 15.9 Å². The minimum absolute atomic E-state index is 0.0111. The van der Waals surface area contributed by atoms with Gasteiger partial charge >= 0.3 is 0 Å². The Balaban J connectivity index is 2.18. The number of aryl methyl sites for hydroxylation is 2. The third kappa shape index (κ3) is 5.24. The second-order valence-corrected chi connectivity index (χ2v) is 8.90. The number of anilines is 3. The van der Waals surface area contributed by atoms with E-state index in [0.29, 0.717) is 12.2 Å². The predicted octanol–water partition coefficient (Wildman–Crippen LogP) is 3.04. The second-order valence-electron chi connectivity index (χ2n) is 6.75. The Kier molecular flexibility index (Phi) is 7.04. The predicted molar refractivity (Wildman–Crippen MR) is 115 cm³/mol. The van der Waals surface area contributed by atoms with E-state index in [1.165, 1.54) is 20.2 Å². The number of benzene rings is 2. The second kappa shape index (κ2) is 9.07. The standard InChI is InChI=1S/C20H28N4O3S/c1-6-21-18-10-8-16(28(26,27)24(4)5)12-19(18)22-13-20(25)23-17-9-7-14(2)11-15(17)3/h7-12,21-22H,6,13H2,1-5H3,(H,23,25). The molecule has 2 aromatic carbocycles. The largest absolute Gasteiger partial charge is 0.384 e. The highest BCUT2D eigenvalue weighted by molar-refractivity contribution is 7.89. The van der Waals surface area contributed by atoms with Gasteiger partial charge in [0, 0.05) is 26.3 Å². The quantitative estimate of drug-likeness (QED) is 0.629. The molecule has 28 heavy (non-hydrogen) atoms. The topological polar surface area (TPSA) is 90.5 Å². The van der Waals surface area contributed by atoms with Crippen molar-refractivity contribution in [1.29, 1.82) is 0 Å². The first-order valence-electron chi connectivity index (χ1n) is 9.06. The fraction of sp³-hybridized carbons (Fsp3) is 0.350. The minimum atomic E-state index is -3.56. The van der Waals surface area contributed by atoms with Crippen molar-refractivity contribution in [3.8, 4) is 0 Å². The lowest BCUT2D eigenvalue weighted by atomic mass is 10.1. The molecule has 1 amide bonds. The normalized spacial score (nSPS) is 11.4. The zero-order valence-electron chi connectivity index (χ0n) is 17.0. The number of rotatable bonds is 8. The van der Waals surface area contributed by atoms with Gasteiger partial charge in [0.1, 0.15) is 0 Å². The average molecular weight is 405 g/mol. The van der Waals surface area contributed by atoms with E-state index < -0.39 is 10.0 Å². The zero-order chi connectivity index (χ0) is 20.9. The molecule has 2 aromatic rings. The summed E-state index contributed by atoms with van der Waals surface area (Å²) in [5.74, 6) is -0.213. The summed E-state index contributed by atoms with van der Waals surface area (Å²) < 4.78 is 26.0. The van der Waals surface area contributed by atoms with Crippen LogP contribution in [0.3, 0.4) is 0 Å². The maximum absolute atomic E-state index is 12.4. The summed E-state index contributed by atoms with van der Waals surface area (Å²) in [5, 5.41) is 9.09. The summed E-state index contributed by atoms with van der Waals surface area (Å²) in [6.07, 6.45) is 0. The van der Waals surface area contributed by atoms with Crippen molar-refractivity contribution in [2.45, 2.75) is 25.7 Å². The summed E-state index contributed by atoms with van der Waals surface area (Å²) >= 11 is 0. The monoisotopic (exact) mass is 404 g/mol. The molecule has 0 saturated carbocycles. The molecule has 152 valence electrons. The van der Waals surface area contributed by atoms with E-state index in [-0.39, 0.29) is 17.3 Å². The van der Waals surface area contributed by atoms with Crippen molar-refractivity contribution >= 4 is 33.0 Å². The van der Waals surface area contributed by atoms with E-state index in [1.807, 2.05) is 39.0 Å². The maximum Gasteiger partial charge on any atom is 0.243 e. The molecule has 0 unspecified atom stereocenters. The van der Waals surface area contributed by atoms with E-state index in [2.05, 4.69) is 16.0 Å². The van der Waals surface area contributed by atoms with Crippen molar-refractivity contribution in [2.75, 3.05) is 43.1 Å². The first kappa shape index (κ1) is 21.7. The van der Waals surface area contributed by atoms with Crippen LogP contribution in [0.2, 0.25) is 0 Å². The van der Waals surface area contributed by atoms with E-state index in [0.717, 1.165) is 26.8 Å². The van der Waals surface area contributed by atoms with Crippen LogP contribution in [0.5, 0.6) is 0 Å². The highest BCUT2D eigenvalue weighted by Crippen LogP contribution is 2.26. The molecule has 8 heteroatoms. The number of hydrogen-bond acceptors (Lipinski definition) is 5. The highest BCUT2D eigenvalue weighted by atomic mass is 32.2. The third-order valence-electron chi connectivity index (χ3n) is 4.23. The average Bonchev–Trinajstić information content (AvgIpc) is 2.63. The molecule has 0 heterocycles. The molecule has 0 aliphatic rings. The maximum atomic E-state index is 12.4. The van der Waals surface area contributed by atoms with Crippen LogP contribution in [-0.4, -0.2) is 45.8 Å². The SMILES string of the molecule is CCNc1ccc(S(=O)(=O)N(C)C)cc1NCC(=O)Nc1ccc(C)cc1C. The van der Waals surface area contributed by atoms with Gasteiger partial charge in [0.15, 0.2) is 0 Å². The Hall–Kier alpha value is -2.58. The number of amides is 1. The Morgan fingerprint density at radius 1 is 0.964 bits per heavy atom. The van der Waals surface area contributed by atoms with Crippen LogP contribution in [0.15, 0.2) is 41.3 Å². The molecule has 0 fully saturated rings. The Morgan fingerprint density at radius 3 is 2.25 bits per heavy atom. The fourth-order valence-corrected chi connectivity index (χ4v) is 3.64. The molecule has 0 radical (unpaired) electrons. The van der Waals surface area contributed by atoms with Crippen LogP contribution in [0.4, 0.5) is 17.1 Å². The summed E-state index contributed by atoms with van der Waals surface area (Å²) in [6, 6.07) is 10.6. The van der Waals surface area contributed by atoms with E-state index in [4.69, 9.17) is 0 Å². The van der Waals surface area contributed by atoms with Crippen LogP contribution < -0.4 is 16.0 Å². The van der Waals surface area contributed by atoms with E-state index >= 15 is 0 Å². The molecule has 0 aromatic heterocycles. The summed E-state index contributed by atoms with van der Waals surface area (Å²) in [6.45, 7) is 6.56. The zero-order valence-corrected chi connectivity index (χ0v) is 17.8. The molecule has 7 nitrogen and oxygen atoms in total. The lowest BCUT2D eigenvalue weighted by Crippen LogP contribution is -2.24. The van der Waals surface area contributed by atoms with Gasteiger partial charge in [0.05, 0.1) is 22.8 Å². The summed E-state index contributed by atoms with van der Waals surface area (Å²) in [4.78, 5) is 12.5. The van der Waals surface area contributed by atoms with E-state index in [9.17, 15) is 13.2 Å². The lowest BCUT2D eigenvalue weighted by molar-refractivity contribution is -0.114. The van der Waals surface area contributed by atoms with Gasteiger partial charge in [-0.3, -0.25) is 4.79 Å². The number of nitrogens with zero attached hydrogens (tertiary/aromatic N) is 1. The van der Waals surface area contributed by atoms with Gasteiger partial charge in [0.25, 0.3) is 0 Å². The molecule has 0 aliphatic heterocycles. The van der Waals surface area contributed by atoms with Crippen LogP contribution >= 0.6 is 0 Å². The van der Waals surface area contributed by atoms with Crippen molar-refractivity contribution in [3.63, 3.8) is 0 Å². The van der Waals surface area contributed by atoms with E-state index in [1.54, 1.807) is 12.1 Å². The fourth-order valence-electron chi connectivity index (χ4n) is 2.71. The highest BCUT2D eigenvalue weighted by Gasteiger charge is 2.19. The van der Waals surface area contributed by atoms with Gasteiger partial charge in [-0.2, -0.15) is 0 Å². The van der Waals surface area contributed by atoms with Crippen molar-refractivity contribution in [1.82, 2.24) is 4.31 Å². The summed E-state index contributed by atoms with van der Waals surface area (Å²) in [7, 11) is -0.595. The first-order valence-corrected chi connectivity index (χ1v) is 10.5. The molecule has 2 rings (SSSR count). The molecule has 0 spiro atoms. The molecule has 0 bridgehead atoms. The molecule has 0 aliphatic carbocycles. The van der Waals surface area contributed by atoms with Gasteiger partial charge in [-0.15, -0.1) is 0 Å². The van der Waals surface area contributed by atoms with Crippen LogP contribution in [0.1, 0.15) is 18.1 Å². The first-order chi connectivity index (χ1) is 13.1. The lowest BCUT2D eigenvalue weighted by Gasteiger charge is -2.17. The van der Waals surface area contributed by atoms with Crippen LogP contribution in [0, 0.1) is 13.8 Å². The van der Waals surface area contributed by atoms with Gasteiger partial charge in [-0.05, 0) is 50.6 Å². The van der Waals surface area contributed by atoms with Crippen LogP contribution in [0.25, 0.3) is 0 Å². The number of sulfonamides is 1. The molecular formula is C20H28N4O3S. The van der Waals surface area contributed by atoms with Crippen molar-refractivity contribution < 1.29 is 13.2 Å². The number of nitrogens with one attached hydrogen (secondary N) is 3. The molecule has 0 saturated heterocycles. The number of hydrogen-bond donors (Lipinski definition) is 3. The van der Waals surface area contributed by atoms with Gasteiger partial charge < -0.3 is 16.0 Å².